The summed E-state index contributed by atoms with van der Waals surface area (Å²) < 4.78 is 5.35. The molecular weight excluding hydrogens is 330 g/mol. The first-order chi connectivity index (χ1) is 11.5. The van der Waals surface area contributed by atoms with E-state index in [1.807, 2.05) is 12.1 Å². The zero-order chi connectivity index (χ0) is 17.4. The molecule has 0 saturated heterocycles. The van der Waals surface area contributed by atoms with Gasteiger partial charge in [-0.05, 0) is 42.0 Å². The van der Waals surface area contributed by atoms with Gasteiger partial charge in [-0.25, -0.2) is 4.79 Å². The molecule has 2 aromatic carbocycles. The normalized spacial score (nSPS) is 10.0. The third-order valence-corrected chi connectivity index (χ3v) is 3.31. The molecular formula is C17H18ClN3O3. The lowest BCUT2D eigenvalue weighted by Crippen LogP contribution is -2.28. The Morgan fingerprint density at radius 2 is 1.88 bits per heavy atom. The van der Waals surface area contributed by atoms with Crippen molar-refractivity contribution in [2.75, 3.05) is 11.9 Å². The number of carbonyl (C=O) groups is 2. The van der Waals surface area contributed by atoms with Crippen LogP contribution < -0.4 is 21.1 Å². The van der Waals surface area contributed by atoms with Crippen molar-refractivity contribution in [2.45, 2.75) is 13.0 Å². The topological polar surface area (TPSA) is 93.5 Å². The van der Waals surface area contributed by atoms with Crippen molar-refractivity contribution in [1.29, 1.82) is 0 Å². The largest absolute Gasteiger partial charge is 0.493 e. The van der Waals surface area contributed by atoms with Crippen LogP contribution in [0.1, 0.15) is 12.0 Å². The first kappa shape index (κ1) is 17.6. The van der Waals surface area contributed by atoms with Crippen molar-refractivity contribution in [1.82, 2.24) is 5.32 Å². The van der Waals surface area contributed by atoms with Crippen molar-refractivity contribution >= 4 is 29.2 Å². The first-order valence-corrected chi connectivity index (χ1v) is 7.71. The zero-order valence-corrected chi connectivity index (χ0v) is 13.7. The zero-order valence-electron chi connectivity index (χ0n) is 12.9. The Kier molecular flexibility index (Phi) is 6.45. The quantitative estimate of drug-likeness (QED) is 0.718. The molecule has 0 spiro atoms. The van der Waals surface area contributed by atoms with Gasteiger partial charge >= 0.3 is 6.03 Å². The summed E-state index contributed by atoms with van der Waals surface area (Å²) in [4.78, 5) is 22.5. The molecule has 0 aliphatic heterocycles. The van der Waals surface area contributed by atoms with Gasteiger partial charge < -0.3 is 21.1 Å². The van der Waals surface area contributed by atoms with Gasteiger partial charge in [-0.2, -0.15) is 0 Å². The Bertz CT molecular complexity index is 704. The number of anilines is 1. The maximum absolute atomic E-state index is 11.9. The number of carbonyl (C=O) groups excluding carboxylic acids is 2. The highest BCUT2D eigenvalue weighted by molar-refractivity contribution is 6.30. The van der Waals surface area contributed by atoms with Gasteiger partial charge in [0.15, 0.2) is 0 Å². The van der Waals surface area contributed by atoms with Gasteiger partial charge in [0.1, 0.15) is 5.75 Å². The van der Waals surface area contributed by atoms with Crippen LogP contribution in [0.25, 0.3) is 0 Å². The molecule has 0 saturated carbocycles. The van der Waals surface area contributed by atoms with Crippen LogP contribution in [0.15, 0.2) is 48.5 Å². The summed E-state index contributed by atoms with van der Waals surface area (Å²) in [5.41, 5.74) is 6.57. The van der Waals surface area contributed by atoms with Gasteiger partial charge in [0, 0.05) is 17.3 Å². The van der Waals surface area contributed by atoms with E-state index in [0.717, 1.165) is 5.56 Å². The first-order valence-electron chi connectivity index (χ1n) is 7.33. The van der Waals surface area contributed by atoms with Crippen LogP contribution in [0.4, 0.5) is 10.5 Å². The highest BCUT2D eigenvalue weighted by Crippen LogP contribution is 2.16. The molecule has 0 aliphatic carbocycles. The number of hydrogen-bond donors (Lipinski definition) is 3. The molecule has 2 rings (SSSR count). The molecule has 0 aliphatic rings. The lowest BCUT2D eigenvalue weighted by atomic mass is 10.2. The van der Waals surface area contributed by atoms with Crippen molar-refractivity contribution in [2.24, 2.45) is 5.73 Å². The summed E-state index contributed by atoms with van der Waals surface area (Å²) in [5, 5.41) is 6.09. The fraction of sp³-hybridized carbons (Fsp3) is 0.176. The molecule has 126 valence electrons. The minimum absolute atomic E-state index is 0.159. The van der Waals surface area contributed by atoms with E-state index in [1.165, 1.54) is 0 Å². The van der Waals surface area contributed by atoms with Crippen LogP contribution in [-0.4, -0.2) is 18.5 Å². The molecule has 0 radical (unpaired) electrons. The summed E-state index contributed by atoms with van der Waals surface area (Å²) in [6.45, 7) is 0.600. The van der Waals surface area contributed by atoms with Gasteiger partial charge in [0.2, 0.25) is 5.91 Å². The number of nitrogens with one attached hydrogen (secondary N) is 2. The van der Waals surface area contributed by atoms with Crippen LogP contribution in [0, 0.1) is 0 Å². The molecule has 0 aromatic heterocycles. The fourth-order valence-corrected chi connectivity index (χ4v) is 2.12. The SMILES string of the molecule is NC(=O)CCOc1ccc(NC(=O)NCc2cccc(Cl)c2)cc1. The number of urea groups is 1. The summed E-state index contributed by atoms with van der Waals surface area (Å²) in [7, 11) is 0. The second kappa shape index (κ2) is 8.79. The third kappa shape index (κ3) is 6.18. The highest BCUT2D eigenvalue weighted by atomic mass is 35.5. The van der Waals surface area contributed by atoms with Crippen LogP contribution in [0.5, 0.6) is 5.75 Å². The number of hydrogen-bond acceptors (Lipinski definition) is 3. The Hall–Kier alpha value is -2.73. The summed E-state index contributed by atoms with van der Waals surface area (Å²) in [6, 6.07) is 13.8. The van der Waals surface area contributed by atoms with E-state index in [2.05, 4.69) is 10.6 Å². The smallest absolute Gasteiger partial charge is 0.319 e. The monoisotopic (exact) mass is 347 g/mol. The Labute approximate surface area is 144 Å². The second-order valence-corrected chi connectivity index (χ2v) is 5.46. The maximum Gasteiger partial charge on any atom is 0.319 e. The number of primary amides is 1. The van der Waals surface area contributed by atoms with Crippen molar-refractivity contribution < 1.29 is 14.3 Å². The lowest BCUT2D eigenvalue weighted by molar-refractivity contribution is -0.118. The minimum atomic E-state index is -0.412. The number of halogens is 1. The average Bonchev–Trinajstić information content (AvgIpc) is 2.54. The van der Waals surface area contributed by atoms with Crippen molar-refractivity contribution in [3.63, 3.8) is 0 Å². The molecule has 7 heteroatoms. The summed E-state index contributed by atoms with van der Waals surface area (Å²) in [5.74, 6) is 0.186. The Morgan fingerprint density at radius 1 is 1.12 bits per heavy atom. The fourth-order valence-electron chi connectivity index (χ4n) is 1.91. The van der Waals surface area contributed by atoms with E-state index in [9.17, 15) is 9.59 Å². The van der Waals surface area contributed by atoms with E-state index in [1.54, 1.807) is 36.4 Å². The van der Waals surface area contributed by atoms with E-state index >= 15 is 0 Å². The van der Waals surface area contributed by atoms with Gasteiger partial charge in [0.05, 0.1) is 13.0 Å². The predicted octanol–water partition coefficient (Wildman–Crippen LogP) is 2.92. The van der Waals surface area contributed by atoms with Gasteiger partial charge in [-0.3, -0.25) is 4.79 Å². The summed E-state index contributed by atoms with van der Waals surface area (Å²) in [6.07, 6.45) is 0.159. The minimum Gasteiger partial charge on any atom is -0.493 e. The predicted molar refractivity (Wildman–Crippen MR) is 93.1 cm³/mol. The van der Waals surface area contributed by atoms with Gasteiger partial charge in [-0.1, -0.05) is 23.7 Å². The number of rotatable bonds is 7. The van der Waals surface area contributed by atoms with Crippen molar-refractivity contribution in [3.8, 4) is 5.75 Å². The van der Waals surface area contributed by atoms with E-state index in [4.69, 9.17) is 22.1 Å². The van der Waals surface area contributed by atoms with Crippen LogP contribution in [-0.2, 0) is 11.3 Å². The lowest BCUT2D eigenvalue weighted by Gasteiger charge is -2.09. The number of ether oxygens (including phenoxy) is 1. The third-order valence-electron chi connectivity index (χ3n) is 3.07. The molecule has 2 aromatic rings. The number of amides is 3. The highest BCUT2D eigenvalue weighted by Gasteiger charge is 2.03. The number of nitrogens with two attached hydrogens (primary N) is 1. The molecule has 3 amide bonds. The average molecular weight is 348 g/mol. The number of benzene rings is 2. The molecule has 24 heavy (non-hydrogen) atoms. The molecule has 4 N–H and O–H groups in total. The van der Waals surface area contributed by atoms with Gasteiger partial charge in [-0.15, -0.1) is 0 Å². The van der Waals surface area contributed by atoms with Crippen LogP contribution in [0.3, 0.4) is 0 Å². The molecule has 0 heterocycles. The maximum atomic E-state index is 11.9. The van der Waals surface area contributed by atoms with E-state index < -0.39 is 5.91 Å². The molecule has 0 fully saturated rings. The Morgan fingerprint density at radius 3 is 2.54 bits per heavy atom. The molecule has 0 unspecified atom stereocenters. The second-order valence-electron chi connectivity index (χ2n) is 5.03. The van der Waals surface area contributed by atoms with Crippen molar-refractivity contribution in [3.05, 3.63) is 59.1 Å². The van der Waals surface area contributed by atoms with Crippen LogP contribution in [0.2, 0.25) is 5.02 Å². The van der Waals surface area contributed by atoms with Crippen LogP contribution >= 0.6 is 11.6 Å². The molecule has 0 bridgehead atoms. The van der Waals surface area contributed by atoms with Gasteiger partial charge in [0.25, 0.3) is 0 Å². The molecule has 0 atom stereocenters. The molecule has 6 nitrogen and oxygen atoms in total. The Balaban J connectivity index is 1.78. The van der Waals surface area contributed by atoms with E-state index in [0.29, 0.717) is 23.0 Å². The summed E-state index contributed by atoms with van der Waals surface area (Å²) >= 11 is 5.89. The standard InChI is InChI=1S/C17H18ClN3O3/c18-13-3-1-2-12(10-13)11-20-17(23)21-14-4-6-15(7-5-14)24-9-8-16(19)22/h1-7,10H,8-9,11H2,(H2,19,22)(H2,20,21,23). The van der Waals surface area contributed by atoms with E-state index in [-0.39, 0.29) is 19.1 Å².